The number of aryl methyl sites for hydroxylation is 1. The summed E-state index contributed by atoms with van der Waals surface area (Å²) < 4.78 is 0. The van der Waals surface area contributed by atoms with Gasteiger partial charge in [-0.1, -0.05) is 84.0 Å². The summed E-state index contributed by atoms with van der Waals surface area (Å²) in [6, 6.07) is 15.3. The Labute approximate surface area is 213 Å². The van der Waals surface area contributed by atoms with E-state index in [1.54, 1.807) is 6.92 Å². The number of fused-ring (bicyclic) bond motifs is 2. The van der Waals surface area contributed by atoms with Crippen molar-refractivity contribution in [2.75, 3.05) is 6.54 Å². The molecule has 5 nitrogen and oxygen atoms in total. The van der Waals surface area contributed by atoms with E-state index < -0.39 is 0 Å². The van der Waals surface area contributed by atoms with Crippen LogP contribution in [0.15, 0.2) is 42.5 Å². The Hall–Kier alpha value is -2.95. The number of carbonyl (C=O) groups is 3. The first kappa shape index (κ1) is 32.0. The quantitative estimate of drug-likeness (QED) is 0.515. The molecule has 2 amide bonds. The average Bonchev–Trinajstić information content (AvgIpc) is 2.92. The molecule has 1 atom stereocenters. The van der Waals surface area contributed by atoms with Gasteiger partial charge in [0.25, 0.3) is 0 Å². The molecule has 0 fully saturated rings. The number of nitrogens with one attached hydrogen (secondary N) is 1. The van der Waals surface area contributed by atoms with Crippen LogP contribution in [-0.4, -0.2) is 30.6 Å². The Morgan fingerprint density at radius 2 is 1.66 bits per heavy atom. The summed E-state index contributed by atoms with van der Waals surface area (Å²) in [5, 5.41) is 2.86. The summed E-state index contributed by atoms with van der Waals surface area (Å²) in [6.07, 6.45) is 5.17. The van der Waals surface area contributed by atoms with Gasteiger partial charge in [0.15, 0.2) is 0 Å². The lowest BCUT2D eigenvalue weighted by molar-refractivity contribution is -0.129. The van der Waals surface area contributed by atoms with E-state index in [9.17, 15) is 9.59 Å². The normalized spacial score (nSPS) is 15.0. The maximum atomic E-state index is 11.4. The van der Waals surface area contributed by atoms with Crippen molar-refractivity contribution in [1.82, 2.24) is 10.2 Å². The highest BCUT2D eigenvalue weighted by atomic mass is 16.2. The third-order valence-corrected chi connectivity index (χ3v) is 5.99. The number of rotatable bonds is 3. The van der Waals surface area contributed by atoms with Crippen molar-refractivity contribution in [3.05, 3.63) is 70.3 Å². The molecule has 0 saturated carbocycles. The van der Waals surface area contributed by atoms with Crippen LogP contribution in [0.2, 0.25) is 0 Å². The average molecular weight is 483 g/mol. The molecule has 0 spiro atoms. The molecule has 2 aromatic carbocycles. The smallest absolute Gasteiger partial charge is 0.219 e. The first-order valence-electron chi connectivity index (χ1n) is 12.9. The lowest BCUT2D eigenvalue weighted by Gasteiger charge is -2.28. The zero-order valence-electron chi connectivity index (χ0n) is 22.9. The van der Waals surface area contributed by atoms with Gasteiger partial charge in [0.1, 0.15) is 6.79 Å². The molecule has 1 heterocycles. The van der Waals surface area contributed by atoms with E-state index in [1.165, 1.54) is 34.2 Å². The van der Waals surface area contributed by atoms with Crippen molar-refractivity contribution in [3.8, 4) is 0 Å². The fourth-order valence-electron chi connectivity index (χ4n) is 4.21. The standard InChI is InChI=1S/C14H19NO.C11H13NO.2C2H6.CH2O/c1-10(2)13-5-4-12-6-7-15(11(3)16)9-14(12)8-13;13-8-12-11-7-3-5-9-4-1-2-6-10(9)11;3*1-2/h4-5,8,10H,6-7,9H2,1-3H3;1-2,4,6,8,11H,3,5,7H2,(H,12,13);2*1-2H3;1H2. The molecule has 1 aliphatic heterocycles. The van der Waals surface area contributed by atoms with Crippen molar-refractivity contribution in [2.45, 2.75) is 92.7 Å². The Balaban J connectivity index is 0.000000551. The monoisotopic (exact) mass is 482 g/mol. The first-order valence-corrected chi connectivity index (χ1v) is 12.9. The van der Waals surface area contributed by atoms with Crippen LogP contribution in [0.5, 0.6) is 0 Å². The summed E-state index contributed by atoms with van der Waals surface area (Å²) >= 11 is 0. The molecule has 0 radical (unpaired) electrons. The summed E-state index contributed by atoms with van der Waals surface area (Å²) in [7, 11) is 0. The van der Waals surface area contributed by atoms with Crippen LogP contribution in [-0.2, 0) is 33.8 Å². The van der Waals surface area contributed by atoms with Crippen LogP contribution in [0.25, 0.3) is 0 Å². The number of nitrogens with zero attached hydrogens (tertiary/aromatic N) is 1. The lowest BCUT2D eigenvalue weighted by atomic mass is 9.88. The molecule has 35 heavy (non-hydrogen) atoms. The van der Waals surface area contributed by atoms with Gasteiger partial charge in [-0.15, -0.1) is 0 Å². The summed E-state index contributed by atoms with van der Waals surface area (Å²) in [5.41, 5.74) is 6.77. The molecule has 1 aliphatic carbocycles. The summed E-state index contributed by atoms with van der Waals surface area (Å²) in [5.74, 6) is 0.735. The van der Waals surface area contributed by atoms with Gasteiger partial charge in [-0.25, -0.2) is 0 Å². The highest BCUT2D eigenvalue weighted by Gasteiger charge is 2.19. The molecule has 4 rings (SSSR count). The third kappa shape index (κ3) is 10.1. The summed E-state index contributed by atoms with van der Waals surface area (Å²) in [6.45, 7) is 17.7. The zero-order valence-corrected chi connectivity index (χ0v) is 22.9. The van der Waals surface area contributed by atoms with E-state index in [2.05, 4.69) is 55.6 Å². The van der Waals surface area contributed by atoms with Crippen molar-refractivity contribution >= 4 is 19.1 Å². The predicted molar refractivity (Wildman–Crippen MR) is 146 cm³/mol. The lowest BCUT2D eigenvalue weighted by Crippen LogP contribution is -2.34. The van der Waals surface area contributed by atoms with Crippen LogP contribution >= 0.6 is 0 Å². The number of carbonyl (C=O) groups excluding carboxylic acids is 3. The molecule has 194 valence electrons. The van der Waals surface area contributed by atoms with Gasteiger partial charge < -0.3 is 15.0 Å². The molecular weight excluding hydrogens is 436 g/mol. The van der Waals surface area contributed by atoms with Gasteiger partial charge in [0.05, 0.1) is 6.04 Å². The minimum Gasteiger partial charge on any atom is -0.352 e. The van der Waals surface area contributed by atoms with Crippen molar-refractivity contribution < 1.29 is 14.4 Å². The van der Waals surface area contributed by atoms with Gasteiger partial charge in [0, 0.05) is 20.0 Å². The third-order valence-electron chi connectivity index (χ3n) is 5.99. The number of amides is 2. The van der Waals surface area contributed by atoms with E-state index in [0.717, 1.165) is 38.8 Å². The van der Waals surface area contributed by atoms with E-state index in [1.807, 2.05) is 45.5 Å². The van der Waals surface area contributed by atoms with Gasteiger partial charge in [-0.05, 0) is 59.4 Å². The molecule has 0 aromatic heterocycles. The second-order valence-corrected chi connectivity index (χ2v) is 8.30. The van der Waals surface area contributed by atoms with Crippen LogP contribution < -0.4 is 5.32 Å². The molecule has 2 aliphatic rings. The second kappa shape index (κ2) is 18.4. The molecular formula is C30H46N2O3. The molecule has 0 saturated heterocycles. The SMILES string of the molecule is C=O.CC.CC.CC(=O)N1CCc2ccc(C(C)C)cc2C1.O=CNC1CCCc2ccccc21. The molecule has 0 bridgehead atoms. The minimum absolute atomic E-state index is 0.181. The van der Waals surface area contributed by atoms with Gasteiger partial charge in [-0.2, -0.15) is 0 Å². The first-order chi connectivity index (χ1) is 17.0. The number of benzene rings is 2. The van der Waals surface area contributed by atoms with Gasteiger partial charge in [-0.3, -0.25) is 9.59 Å². The van der Waals surface area contributed by atoms with Gasteiger partial charge in [0.2, 0.25) is 12.3 Å². The van der Waals surface area contributed by atoms with Crippen molar-refractivity contribution in [3.63, 3.8) is 0 Å². The van der Waals surface area contributed by atoms with E-state index in [-0.39, 0.29) is 11.9 Å². The molecule has 1 N–H and O–H groups in total. The number of hydrogen-bond donors (Lipinski definition) is 1. The fraction of sp³-hybridized carbons (Fsp3) is 0.500. The maximum Gasteiger partial charge on any atom is 0.219 e. The minimum atomic E-state index is 0.181. The Bertz CT molecular complexity index is 880. The highest BCUT2D eigenvalue weighted by Crippen LogP contribution is 2.28. The molecule has 5 heteroatoms. The second-order valence-electron chi connectivity index (χ2n) is 8.30. The Kier molecular flexibility index (Phi) is 16.8. The van der Waals surface area contributed by atoms with Crippen LogP contribution in [0.1, 0.15) is 101 Å². The van der Waals surface area contributed by atoms with Crippen molar-refractivity contribution in [1.29, 1.82) is 0 Å². The van der Waals surface area contributed by atoms with E-state index >= 15 is 0 Å². The zero-order chi connectivity index (χ0) is 26.8. The highest BCUT2D eigenvalue weighted by molar-refractivity contribution is 5.73. The fourth-order valence-corrected chi connectivity index (χ4v) is 4.21. The largest absolute Gasteiger partial charge is 0.352 e. The van der Waals surface area contributed by atoms with Gasteiger partial charge >= 0.3 is 0 Å². The van der Waals surface area contributed by atoms with Crippen LogP contribution in [0.4, 0.5) is 0 Å². The van der Waals surface area contributed by atoms with Crippen LogP contribution in [0.3, 0.4) is 0 Å². The Morgan fingerprint density at radius 3 is 2.26 bits per heavy atom. The molecule has 1 unspecified atom stereocenters. The van der Waals surface area contributed by atoms with E-state index in [0.29, 0.717) is 5.92 Å². The Morgan fingerprint density at radius 1 is 1.00 bits per heavy atom. The maximum absolute atomic E-state index is 11.4. The van der Waals surface area contributed by atoms with E-state index in [4.69, 9.17) is 4.79 Å². The number of hydrogen-bond acceptors (Lipinski definition) is 3. The van der Waals surface area contributed by atoms with Crippen LogP contribution in [0, 0.1) is 0 Å². The topological polar surface area (TPSA) is 66.5 Å². The summed E-state index contributed by atoms with van der Waals surface area (Å²) in [4.78, 5) is 31.6. The molecule has 2 aromatic rings. The van der Waals surface area contributed by atoms with Crippen molar-refractivity contribution in [2.24, 2.45) is 0 Å². The predicted octanol–water partition coefficient (Wildman–Crippen LogP) is 6.39.